The Morgan fingerprint density at radius 3 is 2.50 bits per heavy atom. The van der Waals surface area contributed by atoms with Crippen molar-refractivity contribution in [3.63, 3.8) is 0 Å². The van der Waals surface area contributed by atoms with Crippen LogP contribution >= 0.6 is 11.6 Å². The van der Waals surface area contributed by atoms with Gasteiger partial charge in [-0.1, -0.05) is 29.8 Å². The molecule has 1 saturated heterocycles. The second-order valence-corrected chi connectivity index (χ2v) is 10.4. The fourth-order valence-corrected chi connectivity index (χ4v) is 6.54. The molecule has 1 aromatic heterocycles. The average molecular weight is 543 g/mol. The number of fused-ring (bicyclic) bond motifs is 4. The summed E-state index contributed by atoms with van der Waals surface area (Å²) in [6, 6.07) is 6.60. The molecular formula is C26H21ClF2N4O5. The number of rotatable bonds is 2. The van der Waals surface area contributed by atoms with E-state index in [-0.39, 0.29) is 29.2 Å². The number of imide groups is 1. The number of carbonyl (C=O) groups is 2. The lowest BCUT2D eigenvalue weighted by atomic mass is 9.56. The molecule has 2 aliphatic heterocycles. The van der Waals surface area contributed by atoms with Crippen molar-refractivity contribution < 1.29 is 23.5 Å². The van der Waals surface area contributed by atoms with E-state index < -0.39 is 63.9 Å². The Hall–Kier alpha value is -3.99. The van der Waals surface area contributed by atoms with E-state index in [0.29, 0.717) is 5.57 Å². The molecule has 3 aromatic rings. The molecule has 38 heavy (non-hydrogen) atoms. The van der Waals surface area contributed by atoms with E-state index in [0.717, 1.165) is 21.6 Å². The summed E-state index contributed by atoms with van der Waals surface area (Å²) in [5.41, 5.74) is -2.00. The van der Waals surface area contributed by atoms with Crippen LogP contribution in [0, 0.1) is 23.0 Å². The first-order valence-electron chi connectivity index (χ1n) is 11.9. The van der Waals surface area contributed by atoms with Crippen molar-refractivity contribution >= 4 is 29.1 Å². The Balaban J connectivity index is 1.60. The molecule has 4 atom stereocenters. The number of halogens is 3. The third-order valence-corrected chi connectivity index (χ3v) is 8.51. The van der Waals surface area contributed by atoms with Crippen molar-refractivity contribution in [1.82, 2.24) is 13.9 Å². The van der Waals surface area contributed by atoms with Crippen molar-refractivity contribution in [2.75, 3.05) is 4.90 Å². The maximum Gasteiger partial charge on any atom is 0.347 e. The molecule has 2 fully saturated rings. The highest BCUT2D eigenvalue weighted by Gasteiger charge is 2.65. The number of aromatic hydroxyl groups is 1. The van der Waals surface area contributed by atoms with Crippen molar-refractivity contribution in [2.45, 2.75) is 31.8 Å². The Kier molecular flexibility index (Phi) is 5.13. The van der Waals surface area contributed by atoms with Gasteiger partial charge in [0.15, 0.2) is 11.6 Å². The molecule has 0 bridgehead atoms. The van der Waals surface area contributed by atoms with Gasteiger partial charge in [0.25, 0.3) is 0 Å². The first-order chi connectivity index (χ1) is 18.0. The number of phenolic OH excluding ortho intramolecular Hbond substituents is 1. The lowest BCUT2D eigenvalue weighted by molar-refractivity contribution is -0.129. The maximum atomic E-state index is 14.6. The van der Waals surface area contributed by atoms with Gasteiger partial charge in [-0.2, -0.15) is 0 Å². The van der Waals surface area contributed by atoms with Crippen LogP contribution in [-0.4, -0.2) is 30.9 Å². The van der Waals surface area contributed by atoms with Crippen LogP contribution in [0.15, 0.2) is 57.6 Å². The number of allylic oxidation sites excluding steroid dienone is 2. The number of benzene rings is 2. The Morgan fingerprint density at radius 1 is 1.05 bits per heavy atom. The van der Waals surface area contributed by atoms with Crippen LogP contribution in [0.5, 0.6) is 5.75 Å². The minimum atomic E-state index is -1.51. The summed E-state index contributed by atoms with van der Waals surface area (Å²) >= 11 is 5.95. The number of amides is 2. The molecule has 1 N–H and O–H groups in total. The summed E-state index contributed by atoms with van der Waals surface area (Å²) in [7, 11) is 1.34. The van der Waals surface area contributed by atoms with E-state index >= 15 is 0 Å². The highest BCUT2D eigenvalue weighted by molar-refractivity contribution is 6.31. The number of carbonyl (C=O) groups excluding carboxylic acids is 2. The molecule has 0 radical (unpaired) electrons. The number of aromatic nitrogens is 3. The molecule has 0 unspecified atom stereocenters. The Labute approximate surface area is 218 Å². The van der Waals surface area contributed by atoms with E-state index in [1.807, 2.05) is 0 Å². The number of para-hydroxylation sites is 1. The van der Waals surface area contributed by atoms with Gasteiger partial charge in [0.05, 0.1) is 34.6 Å². The molecule has 1 aliphatic carbocycles. The maximum absolute atomic E-state index is 14.6. The van der Waals surface area contributed by atoms with Crippen molar-refractivity contribution in [3.05, 3.63) is 91.2 Å². The average Bonchev–Trinajstić information content (AvgIpc) is 3.23. The molecule has 6 rings (SSSR count). The largest absolute Gasteiger partial charge is 0.505 e. The van der Waals surface area contributed by atoms with E-state index in [1.165, 1.54) is 40.7 Å². The Morgan fingerprint density at radius 2 is 1.79 bits per heavy atom. The molecule has 0 spiro atoms. The summed E-state index contributed by atoms with van der Waals surface area (Å²) in [4.78, 5) is 54.7. The summed E-state index contributed by atoms with van der Waals surface area (Å²) in [6.07, 6.45) is 1.69. The molecule has 12 heteroatoms. The van der Waals surface area contributed by atoms with Crippen LogP contribution in [-0.2, 0) is 23.2 Å². The van der Waals surface area contributed by atoms with Gasteiger partial charge in [-0.25, -0.2) is 37.2 Å². The van der Waals surface area contributed by atoms with E-state index in [1.54, 1.807) is 13.0 Å². The van der Waals surface area contributed by atoms with Crippen LogP contribution < -0.4 is 16.3 Å². The summed E-state index contributed by atoms with van der Waals surface area (Å²) in [5.74, 6) is -5.59. The summed E-state index contributed by atoms with van der Waals surface area (Å²) in [5, 5.41) is 10.5. The van der Waals surface area contributed by atoms with Gasteiger partial charge in [-0.15, -0.1) is 0 Å². The topological polar surface area (TPSA) is 107 Å². The minimum absolute atomic E-state index is 0.00568. The van der Waals surface area contributed by atoms with Gasteiger partial charge in [0, 0.05) is 18.5 Å². The lowest BCUT2D eigenvalue weighted by Crippen LogP contribution is -2.49. The van der Waals surface area contributed by atoms with Gasteiger partial charge in [-0.05, 0) is 43.2 Å². The summed E-state index contributed by atoms with van der Waals surface area (Å²) < 4.78 is 31.9. The molecular weight excluding hydrogens is 522 g/mol. The van der Waals surface area contributed by atoms with Crippen LogP contribution in [0.4, 0.5) is 14.5 Å². The monoisotopic (exact) mass is 542 g/mol. The molecule has 2 aromatic carbocycles. The SMILES string of the molecule is Cn1c(=O)n2n(c1=O)[C@@H]1C[C@H]3C(=O)N(c4ccc(F)c(Cl)c4)C(=O)[C@@]3(C)[C@@H](c3cccc(F)c3O)C1=CC2. The van der Waals surface area contributed by atoms with Crippen molar-refractivity contribution in [1.29, 1.82) is 0 Å². The smallest absolute Gasteiger partial charge is 0.347 e. The van der Waals surface area contributed by atoms with Crippen LogP contribution in [0.1, 0.15) is 30.9 Å². The zero-order chi connectivity index (χ0) is 27.3. The molecule has 9 nitrogen and oxygen atoms in total. The number of nitrogens with zero attached hydrogens (tertiary/aromatic N) is 4. The van der Waals surface area contributed by atoms with Crippen molar-refractivity contribution in [3.8, 4) is 5.75 Å². The van der Waals surface area contributed by atoms with Gasteiger partial charge in [0.1, 0.15) is 5.82 Å². The number of anilines is 1. The first kappa shape index (κ1) is 24.4. The molecule has 1 saturated carbocycles. The second kappa shape index (κ2) is 8.00. The predicted octanol–water partition coefficient (Wildman–Crippen LogP) is 2.85. The van der Waals surface area contributed by atoms with Crippen molar-refractivity contribution in [2.24, 2.45) is 18.4 Å². The van der Waals surface area contributed by atoms with Gasteiger partial charge >= 0.3 is 11.4 Å². The van der Waals surface area contributed by atoms with Gasteiger partial charge in [-0.3, -0.25) is 9.59 Å². The third kappa shape index (κ3) is 2.96. The lowest BCUT2D eigenvalue weighted by Gasteiger charge is -2.47. The molecule has 3 aliphatic rings. The zero-order valence-electron chi connectivity index (χ0n) is 20.2. The number of hydrogen-bond donors (Lipinski definition) is 1. The number of hydrogen-bond acceptors (Lipinski definition) is 5. The predicted molar refractivity (Wildman–Crippen MR) is 132 cm³/mol. The van der Waals surface area contributed by atoms with Gasteiger partial charge < -0.3 is 5.11 Å². The fraction of sp³-hybridized carbons (Fsp3) is 0.308. The normalized spacial score (nSPS) is 26.2. The Bertz CT molecular complexity index is 1720. The van der Waals surface area contributed by atoms with Crippen LogP contribution in [0.3, 0.4) is 0 Å². The molecule has 196 valence electrons. The fourth-order valence-electron chi connectivity index (χ4n) is 6.37. The highest BCUT2D eigenvalue weighted by Crippen LogP contribution is 2.62. The van der Waals surface area contributed by atoms with E-state index in [9.17, 15) is 33.1 Å². The molecule has 3 heterocycles. The minimum Gasteiger partial charge on any atom is -0.505 e. The number of phenols is 1. The van der Waals surface area contributed by atoms with Crippen LogP contribution in [0.2, 0.25) is 5.02 Å². The summed E-state index contributed by atoms with van der Waals surface area (Å²) in [6.45, 7) is 1.58. The highest BCUT2D eigenvalue weighted by atomic mass is 35.5. The van der Waals surface area contributed by atoms with E-state index in [2.05, 4.69) is 0 Å². The third-order valence-electron chi connectivity index (χ3n) is 8.22. The van der Waals surface area contributed by atoms with Crippen LogP contribution in [0.25, 0.3) is 0 Å². The van der Waals surface area contributed by atoms with E-state index in [4.69, 9.17) is 11.6 Å². The second-order valence-electron chi connectivity index (χ2n) is 10.0. The van der Waals surface area contributed by atoms with Gasteiger partial charge in [0.2, 0.25) is 11.8 Å². The first-order valence-corrected chi connectivity index (χ1v) is 12.2. The standard InChI is InChI=1S/C26H21ClF2N4O5/c1-26-15(22(35)32(23(26)36)12-6-7-17(28)16(27)10-12)11-19-13(20(26)14-4-3-5-18(29)21(14)34)8-9-31-24(37)30(2)25(38)33(19)31/h3-8,10,15,19-20,34H,9,11H2,1-2H3/t15-,19+,20+,26+/m0/s1. The zero-order valence-corrected chi connectivity index (χ0v) is 20.9. The molecule has 2 amide bonds. The quantitative estimate of drug-likeness (QED) is 0.396.